The van der Waals surface area contributed by atoms with Crippen molar-refractivity contribution in [1.29, 1.82) is 0 Å². The summed E-state index contributed by atoms with van der Waals surface area (Å²) in [4.78, 5) is 15.7. The van der Waals surface area contributed by atoms with Gasteiger partial charge < -0.3 is 25.8 Å². The molecule has 1 unspecified atom stereocenters. The van der Waals surface area contributed by atoms with Gasteiger partial charge in [0.2, 0.25) is 0 Å². The number of hydrogen-bond donors (Lipinski definition) is 3. The number of nitrogens with zero attached hydrogens (tertiary/aromatic N) is 1. The monoisotopic (exact) mass is 502 g/mol. The predicted octanol–water partition coefficient (Wildman–Crippen LogP) is 3.45. The van der Waals surface area contributed by atoms with Crippen LogP contribution in [-0.2, 0) is 4.74 Å². The molecule has 1 aliphatic carbocycles. The lowest BCUT2D eigenvalue weighted by Crippen LogP contribution is -2.39. The number of anilines is 1. The van der Waals surface area contributed by atoms with Crippen molar-refractivity contribution < 1.29 is 27.4 Å². The van der Waals surface area contributed by atoms with Gasteiger partial charge in [-0.3, -0.25) is 4.99 Å². The van der Waals surface area contributed by atoms with Crippen LogP contribution in [0.2, 0.25) is 0 Å². The first-order valence-corrected chi connectivity index (χ1v) is 8.13. The highest BCUT2D eigenvalue weighted by molar-refractivity contribution is 14.0. The van der Waals surface area contributed by atoms with Gasteiger partial charge in [-0.2, -0.15) is 0 Å². The van der Waals surface area contributed by atoms with Crippen LogP contribution < -0.4 is 21.1 Å². The van der Waals surface area contributed by atoms with Crippen LogP contribution >= 0.6 is 24.0 Å². The molecule has 1 atom stereocenters. The predicted molar refractivity (Wildman–Crippen MR) is 105 cm³/mol. The van der Waals surface area contributed by atoms with Gasteiger partial charge in [-0.25, -0.2) is 4.79 Å². The number of carbonyl (C=O) groups excluding carboxylic acids is 1. The molecule has 2 rings (SSSR count). The van der Waals surface area contributed by atoms with E-state index in [1.165, 1.54) is 24.3 Å². The molecule has 0 heterocycles. The third kappa shape index (κ3) is 9.02. The van der Waals surface area contributed by atoms with E-state index in [0.29, 0.717) is 11.6 Å². The molecule has 1 aromatic rings. The molecule has 7 nitrogen and oxygen atoms in total. The van der Waals surface area contributed by atoms with E-state index < -0.39 is 12.5 Å². The molecule has 1 fully saturated rings. The van der Waals surface area contributed by atoms with Gasteiger partial charge in [-0.05, 0) is 49.9 Å². The molecule has 1 aliphatic rings. The summed E-state index contributed by atoms with van der Waals surface area (Å²) in [7, 11) is 0. The number of carbonyl (C=O) groups is 1. The minimum absolute atomic E-state index is 0. The lowest BCUT2D eigenvalue weighted by atomic mass is 10.2. The van der Waals surface area contributed by atoms with Gasteiger partial charge in [0.1, 0.15) is 5.75 Å². The molecule has 0 aliphatic heterocycles. The third-order valence-corrected chi connectivity index (χ3v) is 3.59. The van der Waals surface area contributed by atoms with Gasteiger partial charge in [0.15, 0.2) is 5.96 Å². The minimum Gasteiger partial charge on any atom is -0.450 e. The van der Waals surface area contributed by atoms with Crippen LogP contribution in [-0.4, -0.2) is 37.6 Å². The lowest BCUT2D eigenvalue weighted by molar-refractivity contribution is -0.274. The normalized spacial score (nSPS) is 15.3. The highest BCUT2D eigenvalue weighted by Gasteiger charge is 2.32. The molecule has 152 valence electrons. The largest absolute Gasteiger partial charge is 0.573 e. The molecular weight excluding hydrogens is 480 g/mol. The number of aliphatic imine (C=N–C) groups is 1. The number of guanidine groups is 1. The zero-order chi connectivity index (χ0) is 19.2. The highest BCUT2D eigenvalue weighted by Crippen LogP contribution is 2.32. The summed E-state index contributed by atoms with van der Waals surface area (Å²) in [6.07, 6.45) is -3.23. The van der Waals surface area contributed by atoms with Crippen LogP contribution in [0.3, 0.4) is 0 Å². The van der Waals surface area contributed by atoms with E-state index in [0.717, 1.165) is 12.8 Å². The summed E-state index contributed by atoms with van der Waals surface area (Å²) in [5.74, 6) is 0.103. The van der Waals surface area contributed by atoms with Crippen LogP contribution in [0.4, 0.5) is 23.7 Å². The molecule has 1 amide bonds. The van der Waals surface area contributed by atoms with Gasteiger partial charge in [-0.15, -0.1) is 37.1 Å². The molecule has 27 heavy (non-hydrogen) atoms. The zero-order valence-electron chi connectivity index (χ0n) is 14.6. The van der Waals surface area contributed by atoms with Crippen molar-refractivity contribution in [3.05, 3.63) is 24.3 Å². The quantitative estimate of drug-likeness (QED) is 0.302. The van der Waals surface area contributed by atoms with E-state index >= 15 is 0 Å². The van der Waals surface area contributed by atoms with Crippen molar-refractivity contribution in [2.24, 2.45) is 16.6 Å². The standard InChI is InChI=1S/C16H21F3N4O3.HI/c1-2-25-15(24)23-13(10-3-4-10)9-21-14(20)22-11-5-7-12(8-6-11)26-16(17,18)19;/h5-8,10,13H,2-4,9H2,1H3,(H,23,24)(H3,20,21,22);1H. The number of nitrogens with two attached hydrogens (primary N) is 1. The van der Waals surface area contributed by atoms with Crippen LogP contribution in [0.25, 0.3) is 0 Å². The minimum atomic E-state index is -4.74. The molecule has 4 N–H and O–H groups in total. The van der Waals surface area contributed by atoms with Gasteiger partial charge in [0.25, 0.3) is 0 Å². The van der Waals surface area contributed by atoms with Crippen molar-refractivity contribution in [3.8, 4) is 5.75 Å². The third-order valence-electron chi connectivity index (χ3n) is 3.59. The summed E-state index contributed by atoms with van der Waals surface area (Å²) < 4.78 is 45.0. The number of rotatable bonds is 7. The number of amides is 1. The van der Waals surface area contributed by atoms with E-state index in [-0.39, 0.29) is 54.9 Å². The van der Waals surface area contributed by atoms with Crippen molar-refractivity contribution in [3.63, 3.8) is 0 Å². The number of alkyl carbamates (subject to hydrolysis) is 1. The van der Waals surface area contributed by atoms with Crippen LogP contribution in [0.5, 0.6) is 5.75 Å². The average molecular weight is 502 g/mol. The van der Waals surface area contributed by atoms with Crippen molar-refractivity contribution >= 4 is 41.7 Å². The van der Waals surface area contributed by atoms with Crippen LogP contribution in [0, 0.1) is 5.92 Å². The Hall–Kier alpha value is -1.92. The van der Waals surface area contributed by atoms with Crippen LogP contribution in [0.1, 0.15) is 19.8 Å². The fraction of sp³-hybridized carbons (Fsp3) is 0.500. The van der Waals surface area contributed by atoms with Crippen molar-refractivity contribution in [2.75, 3.05) is 18.5 Å². The Morgan fingerprint density at radius 1 is 1.33 bits per heavy atom. The molecule has 0 saturated heterocycles. The molecule has 11 heteroatoms. The number of benzene rings is 1. The Morgan fingerprint density at radius 3 is 2.48 bits per heavy atom. The summed E-state index contributed by atoms with van der Waals surface area (Å²) in [5.41, 5.74) is 6.25. The maximum Gasteiger partial charge on any atom is 0.573 e. The molecule has 0 bridgehead atoms. The first kappa shape index (κ1) is 23.1. The number of nitrogens with one attached hydrogen (secondary N) is 2. The summed E-state index contributed by atoms with van der Waals surface area (Å²) in [6.45, 7) is 2.28. The summed E-state index contributed by atoms with van der Waals surface area (Å²) in [6, 6.07) is 4.94. The van der Waals surface area contributed by atoms with Gasteiger partial charge in [-0.1, -0.05) is 0 Å². The Bertz CT molecular complexity index is 637. The maximum atomic E-state index is 12.1. The molecule has 1 aromatic carbocycles. The molecule has 0 aromatic heterocycles. The molecular formula is C16H22F3IN4O3. The Balaban J connectivity index is 0.00000364. The Labute approximate surface area is 171 Å². The fourth-order valence-corrected chi connectivity index (χ4v) is 2.26. The van der Waals surface area contributed by atoms with Crippen molar-refractivity contribution in [2.45, 2.75) is 32.2 Å². The van der Waals surface area contributed by atoms with Crippen molar-refractivity contribution in [1.82, 2.24) is 5.32 Å². The Morgan fingerprint density at radius 2 is 1.96 bits per heavy atom. The summed E-state index contributed by atoms with van der Waals surface area (Å²) in [5, 5.41) is 5.53. The van der Waals surface area contributed by atoms with Gasteiger partial charge in [0, 0.05) is 5.69 Å². The Kier molecular flexibility index (Phi) is 8.93. The second-order valence-corrected chi connectivity index (χ2v) is 5.73. The number of halogens is 4. The summed E-state index contributed by atoms with van der Waals surface area (Å²) >= 11 is 0. The topological polar surface area (TPSA) is 98.0 Å². The van der Waals surface area contributed by atoms with Crippen LogP contribution in [0.15, 0.2) is 29.3 Å². The highest BCUT2D eigenvalue weighted by atomic mass is 127. The fourth-order valence-electron chi connectivity index (χ4n) is 2.26. The maximum absolute atomic E-state index is 12.1. The van der Waals surface area contributed by atoms with E-state index in [1.807, 2.05) is 0 Å². The van der Waals surface area contributed by atoms with E-state index in [4.69, 9.17) is 10.5 Å². The second kappa shape index (κ2) is 10.4. The average Bonchev–Trinajstić information content (AvgIpc) is 3.37. The number of ether oxygens (including phenoxy) is 2. The lowest BCUT2D eigenvalue weighted by Gasteiger charge is -2.16. The number of hydrogen-bond acceptors (Lipinski definition) is 4. The first-order valence-electron chi connectivity index (χ1n) is 8.13. The molecule has 0 spiro atoms. The van der Waals surface area contributed by atoms with Gasteiger partial charge in [0.05, 0.1) is 19.2 Å². The van der Waals surface area contributed by atoms with E-state index in [9.17, 15) is 18.0 Å². The molecule has 1 saturated carbocycles. The zero-order valence-corrected chi connectivity index (χ0v) is 16.9. The SMILES string of the molecule is CCOC(=O)NC(CN=C(N)Nc1ccc(OC(F)(F)F)cc1)C1CC1.I. The smallest absolute Gasteiger partial charge is 0.450 e. The number of alkyl halides is 3. The molecule has 0 radical (unpaired) electrons. The van der Waals surface area contributed by atoms with Gasteiger partial charge >= 0.3 is 12.5 Å². The van der Waals surface area contributed by atoms with E-state index in [1.54, 1.807) is 6.92 Å². The second-order valence-electron chi connectivity index (χ2n) is 5.73. The van der Waals surface area contributed by atoms with E-state index in [2.05, 4.69) is 20.4 Å². The first-order chi connectivity index (χ1) is 12.3.